The molecule has 1 amide bonds. The van der Waals surface area contributed by atoms with E-state index in [1.165, 1.54) is 12.8 Å². The number of likely N-dealkylation sites (tertiary alicyclic amines) is 1. The third-order valence-corrected chi connectivity index (χ3v) is 4.94. The molecule has 2 aliphatic heterocycles. The van der Waals surface area contributed by atoms with Crippen molar-refractivity contribution in [1.82, 2.24) is 4.90 Å². The Balaban J connectivity index is 1.95. The zero-order valence-corrected chi connectivity index (χ0v) is 10.5. The largest absolute Gasteiger partial charge is 0.394 e. The Morgan fingerprint density at radius 3 is 2.75 bits per heavy atom. The summed E-state index contributed by atoms with van der Waals surface area (Å²) in [5.41, 5.74) is 0. The lowest BCUT2D eigenvalue weighted by Gasteiger charge is -2.37. The number of hydrogen-bond acceptors (Lipinski definition) is 3. The molecule has 0 spiro atoms. The normalized spacial score (nSPS) is 31.4. The summed E-state index contributed by atoms with van der Waals surface area (Å²) in [7, 11) is 0. The second kappa shape index (κ2) is 5.92. The molecule has 2 heterocycles. The molecular formula is C12H21NO2S. The average Bonchev–Trinajstić information content (AvgIpc) is 2.39. The van der Waals surface area contributed by atoms with E-state index in [0.29, 0.717) is 0 Å². The number of carbonyl (C=O) groups excluding carboxylic acids is 1. The molecule has 2 saturated heterocycles. The Labute approximate surface area is 102 Å². The first-order chi connectivity index (χ1) is 7.83. The molecule has 3 nitrogen and oxygen atoms in total. The maximum Gasteiger partial charge on any atom is 0.236 e. The number of amides is 1. The maximum atomic E-state index is 12.3. The predicted octanol–water partition coefficient (Wildman–Crippen LogP) is 1.65. The minimum Gasteiger partial charge on any atom is -0.394 e. The molecule has 0 aromatic rings. The molecular weight excluding hydrogens is 222 g/mol. The highest BCUT2D eigenvalue weighted by molar-refractivity contribution is 8.00. The lowest BCUT2D eigenvalue weighted by atomic mass is 10.0. The van der Waals surface area contributed by atoms with Gasteiger partial charge in [-0.25, -0.2) is 0 Å². The van der Waals surface area contributed by atoms with Crippen molar-refractivity contribution in [2.24, 2.45) is 0 Å². The summed E-state index contributed by atoms with van der Waals surface area (Å²) in [5, 5.41) is 9.48. The number of piperidine rings is 1. The van der Waals surface area contributed by atoms with Crippen molar-refractivity contribution in [3.63, 3.8) is 0 Å². The van der Waals surface area contributed by atoms with E-state index in [1.807, 2.05) is 4.90 Å². The summed E-state index contributed by atoms with van der Waals surface area (Å²) in [6.07, 6.45) is 6.67. The van der Waals surface area contributed by atoms with Crippen molar-refractivity contribution < 1.29 is 9.90 Å². The maximum absolute atomic E-state index is 12.3. The topological polar surface area (TPSA) is 40.5 Å². The van der Waals surface area contributed by atoms with Gasteiger partial charge in [-0.15, -0.1) is 11.8 Å². The molecule has 0 bridgehead atoms. The summed E-state index contributed by atoms with van der Waals surface area (Å²) < 4.78 is 0. The van der Waals surface area contributed by atoms with Crippen LogP contribution in [-0.2, 0) is 4.79 Å². The van der Waals surface area contributed by atoms with Crippen LogP contribution in [0.2, 0.25) is 0 Å². The van der Waals surface area contributed by atoms with Crippen molar-refractivity contribution in [3.05, 3.63) is 0 Å². The van der Waals surface area contributed by atoms with Gasteiger partial charge in [0.2, 0.25) is 5.91 Å². The van der Waals surface area contributed by atoms with E-state index in [4.69, 9.17) is 0 Å². The van der Waals surface area contributed by atoms with Crippen LogP contribution in [0.5, 0.6) is 0 Å². The van der Waals surface area contributed by atoms with Crippen molar-refractivity contribution in [2.45, 2.75) is 49.8 Å². The lowest BCUT2D eigenvalue weighted by molar-refractivity contribution is -0.135. The van der Waals surface area contributed by atoms with E-state index in [0.717, 1.165) is 38.0 Å². The first-order valence-corrected chi connectivity index (χ1v) is 7.40. The molecule has 0 aliphatic carbocycles. The van der Waals surface area contributed by atoms with Crippen LogP contribution in [0.15, 0.2) is 0 Å². The van der Waals surface area contributed by atoms with Gasteiger partial charge >= 0.3 is 0 Å². The number of thioether (sulfide) groups is 1. The summed E-state index contributed by atoms with van der Waals surface area (Å²) in [5.74, 6) is 1.40. The minimum absolute atomic E-state index is 0.0868. The van der Waals surface area contributed by atoms with E-state index >= 15 is 0 Å². The quantitative estimate of drug-likeness (QED) is 0.801. The van der Waals surface area contributed by atoms with E-state index in [-0.39, 0.29) is 23.8 Å². The number of aliphatic hydroxyl groups is 1. The number of hydrogen-bond donors (Lipinski definition) is 1. The van der Waals surface area contributed by atoms with Crippen molar-refractivity contribution in [3.8, 4) is 0 Å². The zero-order chi connectivity index (χ0) is 11.4. The summed E-state index contributed by atoms with van der Waals surface area (Å²) in [6.45, 7) is 0.976. The zero-order valence-electron chi connectivity index (χ0n) is 9.73. The highest BCUT2D eigenvalue weighted by Gasteiger charge is 2.32. The molecule has 0 saturated carbocycles. The van der Waals surface area contributed by atoms with Gasteiger partial charge in [0.05, 0.1) is 17.9 Å². The molecule has 16 heavy (non-hydrogen) atoms. The van der Waals surface area contributed by atoms with Crippen molar-refractivity contribution >= 4 is 17.7 Å². The Kier molecular flexibility index (Phi) is 4.53. The molecule has 0 aromatic heterocycles. The summed E-state index contributed by atoms with van der Waals surface area (Å²) >= 11 is 1.80. The molecule has 1 N–H and O–H groups in total. The lowest BCUT2D eigenvalue weighted by Crippen LogP contribution is -2.49. The molecule has 0 aromatic carbocycles. The van der Waals surface area contributed by atoms with E-state index in [1.54, 1.807) is 11.8 Å². The van der Waals surface area contributed by atoms with Gasteiger partial charge in [0.15, 0.2) is 0 Å². The van der Waals surface area contributed by atoms with Crippen LogP contribution in [0.25, 0.3) is 0 Å². The van der Waals surface area contributed by atoms with Crippen LogP contribution < -0.4 is 0 Å². The third kappa shape index (κ3) is 2.72. The number of rotatable bonds is 2. The summed E-state index contributed by atoms with van der Waals surface area (Å²) in [6, 6.07) is 0.0868. The van der Waals surface area contributed by atoms with Crippen LogP contribution in [0.3, 0.4) is 0 Å². The van der Waals surface area contributed by atoms with Gasteiger partial charge in [0.25, 0.3) is 0 Å². The number of carbonyl (C=O) groups is 1. The van der Waals surface area contributed by atoms with Crippen LogP contribution >= 0.6 is 11.8 Å². The molecule has 4 heteroatoms. The third-order valence-electron chi connectivity index (χ3n) is 3.58. The summed E-state index contributed by atoms with van der Waals surface area (Å²) in [4.78, 5) is 14.3. The number of aliphatic hydroxyl groups excluding tert-OH is 1. The molecule has 2 unspecified atom stereocenters. The Hall–Kier alpha value is -0.220. The van der Waals surface area contributed by atoms with Crippen LogP contribution in [0.1, 0.15) is 38.5 Å². The van der Waals surface area contributed by atoms with Crippen LogP contribution in [0.4, 0.5) is 0 Å². The Morgan fingerprint density at radius 2 is 2.06 bits per heavy atom. The predicted molar refractivity (Wildman–Crippen MR) is 66.5 cm³/mol. The first kappa shape index (κ1) is 12.2. The van der Waals surface area contributed by atoms with Gasteiger partial charge in [-0.2, -0.15) is 0 Å². The van der Waals surface area contributed by atoms with E-state index in [9.17, 15) is 9.90 Å². The fourth-order valence-electron chi connectivity index (χ4n) is 2.60. The molecule has 2 aliphatic rings. The monoisotopic (exact) mass is 243 g/mol. The van der Waals surface area contributed by atoms with Crippen molar-refractivity contribution in [1.29, 1.82) is 0 Å². The van der Waals surface area contributed by atoms with Crippen molar-refractivity contribution in [2.75, 3.05) is 18.9 Å². The van der Waals surface area contributed by atoms with Gasteiger partial charge in [-0.3, -0.25) is 4.79 Å². The standard InChI is InChI=1S/C12H21NO2S/c14-9-10-5-1-3-7-13(10)12(15)11-6-2-4-8-16-11/h10-11,14H,1-9H2. The first-order valence-electron chi connectivity index (χ1n) is 6.36. The Bertz CT molecular complexity index is 241. The highest BCUT2D eigenvalue weighted by atomic mass is 32.2. The molecule has 0 radical (unpaired) electrons. The Morgan fingerprint density at radius 1 is 1.25 bits per heavy atom. The number of nitrogens with zero attached hydrogens (tertiary/aromatic N) is 1. The fourth-order valence-corrected chi connectivity index (χ4v) is 3.87. The average molecular weight is 243 g/mol. The van der Waals surface area contributed by atoms with Gasteiger partial charge in [-0.05, 0) is 37.9 Å². The van der Waals surface area contributed by atoms with Gasteiger partial charge in [0.1, 0.15) is 0 Å². The van der Waals surface area contributed by atoms with Gasteiger partial charge in [0, 0.05) is 6.54 Å². The van der Waals surface area contributed by atoms with Crippen LogP contribution in [0, 0.1) is 0 Å². The smallest absolute Gasteiger partial charge is 0.236 e. The molecule has 92 valence electrons. The molecule has 2 rings (SSSR count). The fraction of sp³-hybridized carbons (Fsp3) is 0.917. The minimum atomic E-state index is 0.0868. The second-order valence-corrected chi connectivity index (χ2v) is 6.03. The SMILES string of the molecule is O=C(C1CCCCS1)N1CCCCC1CO. The van der Waals surface area contributed by atoms with Gasteiger partial charge < -0.3 is 10.0 Å². The highest BCUT2D eigenvalue weighted by Crippen LogP contribution is 2.28. The molecule has 2 fully saturated rings. The van der Waals surface area contributed by atoms with Gasteiger partial charge in [-0.1, -0.05) is 6.42 Å². The van der Waals surface area contributed by atoms with E-state index in [2.05, 4.69) is 0 Å². The second-order valence-electron chi connectivity index (χ2n) is 4.72. The van der Waals surface area contributed by atoms with E-state index < -0.39 is 0 Å². The molecule has 2 atom stereocenters. The van der Waals surface area contributed by atoms with Crippen LogP contribution in [-0.4, -0.2) is 46.1 Å².